The van der Waals surface area contributed by atoms with Crippen molar-refractivity contribution in [3.8, 4) is 11.3 Å². The zero-order valence-electron chi connectivity index (χ0n) is 10.6. The van der Waals surface area contributed by atoms with Gasteiger partial charge in [-0.25, -0.2) is 9.59 Å². The van der Waals surface area contributed by atoms with E-state index in [0.29, 0.717) is 23.8 Å². The number of nitrogens with one attached hydrogen (secondary N) is 1. The number of aromatic nitrogens is 2. The van der Waals surface area contributed by atoms with Crippen molar-refractivity contribution >= 4 is 18.3 Å². The maximum absolute atomic E-state index is 11.2. The molecular weight excluding hydrogens is 264 g/mol. The molecule has 2 aromatic heterocycles. The minimum atomic E-state index is -1.21. The summed E-state index contributed by atoms with van der Waals surface area (Å²) < 4.78 is 0.945. The summed E-state index contributed by atoms with van der Waals surface area (Å²) in [6.45, 7) is 1.74. The van der Waals surface area contributed by atoms with Crippen molar-refractivity contribution in [1.29, 1.82) is 0 Å². The molecule has 2 rings (SSSR count). The molecule has 0 saturated heterocycles. The summed E-state index contributed by atoms with van der Waals surface area (Å²) in [5, 5.41) is 18.2. The first-order valence-corrected chi connectivity index (χ1v) is 5.85. The van der Waals surface area contributed by atoms with Gasteiger partial charge in [0, 0.05) is 11.8 Å². The van der Waals surface area contributed by atoms with Crippen LogP contribution in [0, 0.1) is 0 Å². The molecule has 104 valence electrons. The molecule has 0 spiro atoms. The van der Waals surface area contributed by atoms with Crippen molar-refractivity contribution in [2.75, 3.05) is 0 Å². The number of carbonyl (C=O) groups is 3. The summed E-state index contributed by atoms with van der Waals surface area (Å²) >= 11 is 0. The van der Waals surface area contributed by atoms with Crippen LogP contribution >= 0.6 is 0 Å². The number of aromatic carboxylic acids is 1. The smallest absolute Gasteiger partial charge is 0.416 e. The molecule has 20 heavy (non-hydrogen) atoms. The molecule has 7 heteroatoms. The standard InChI is InChI=1S/C13H12N2O5/c1-2-7-10(8(6-16)14-11(7)12(17)18)9-4-3-5-15(9)13(19)20/h3-6,14H,2H2,1H3,(H,17,18)(H,19,20). The number of carboxylic acids is 1. The molecule has 0 radical (unpaired) electrons. The van der Waals surface area contributed by atoms with E-state index in [9.17, 15) is 14.4 Å². The van der Waals surface area contributed by atoms with E-state index < -0.39 is 12.1 Å². The molecule has 0 atom stereocenters. The van der Waals surface area contributed by atoms with E-state index in [1.54, 1.807) is 6.92 Å². The minimum absolute atomic E-state index is 0.0560. The van der Waals surface area contributed by atoms with Gasteiger partial charge in [0.25, 0.3) is 0 Å². The number of aromatic amines is 1. The van der Waals surface area contributed by atoms with Gasteiger partial charge in [-0.3, -0.25) is 9.36 Å². The molecule has 0 aliphatic heterocycles. The Labute approximate surface area is 113 Å². The Hall–Kier alpha value is -2.83. The van der Waals surface area contributed by atoms with Gasteiger partial charge < -0.3 is 15.2 Å². The van der Waals surface area contributed by atoms with E-state index in [4.69, 9.17) is 10.2 Å². The Kier molecular flexibility index (Phi) is 3.43. The monoisotopic (exact) mass is 276 g/mol. The second-order valence-corrected chi connectivity index (χ2v) is 4.09. The van der Waals surface area contributed by atoms with Crippen molar-refractivity contribution in [2.24, 2.45) is 0 Å². The molecule has 0 fully saturated rings. The molecule has 0 bridgehead atoms. The van der Waals surface area contributed by atoms with Gasteiger partial charge in [-0.15, -0.1) is 0 Å². The van der Waals surface area contributed by atoms with Crippen LogP contribution in [0.15, 0.2) is 18.3 Å². The number of nitrogens with zero attached hydrogens (tertiary/aromatic N) is 1. The fourth-order valence-electron chi connectivity index (χ4n) is 2.23. The van der Waals surface area contributed by atoms with E-state index in [1.807, 2.05) is 0 Å². The molecule has 0 unspecified atom stereocenters. The number of carboxylic acid groups (broad SMARTS) is 2. The van der Waals surface area contributed by atoms with Crippen molar-refractivity contribution < 1.29 is 24.6 Å². The molecule has 0 aliphatic carbocycles. The van der Waals surface area contributed by atoms with Crippen LogP contribution in [-0.2, 0) is 6.42 Å². The fraction of sp³-hybridized carbons (Fsp3) is 0.154. The van der Waals surface area contributed by atoms with E-state index in [-0.39, 0.29) is 17.1 Å². The van der Waals surface area contributed by atoms with Crippen LogP contribution in [0.3, 0.4) is 0 Å². The van der Waals surface area contributed by atoms with E-state index in [1.165, 1.54) is 18.3 Å². The van der Waals surface area contributed by atoms with E-state index in [0.717, 1.165) is 4.57 Å². The summed E-state index contributed by atoms with van der Waals surface area (Å²) in [7, 11) is 0. The predicted octanol–water partition coefficient (Wildman–Crippen LogP) is 2.08. The van der Waals surface area contributed by atoms with Crippen molar-refractivity contribution in [2.45, 2.75) is 13.3 Å². The van der Waals surface area contributed by atoms with Gasteiger partial charge in [0.05, 0.1) is 11.4 Å². The second-order valence-electron chi connectivity index (χ2n) is 4.09. The summed E-state index contributed by atoms with van der Waals surface area (Å²) in [5.74, 6) is -1.19. The zero-order valence-corrected chi connectivity index (χ0v) is 10.6. The van der Waals surface area contributed by atoms with Gasteiger partial charge >= 0.3 is 12.1 Å². The molecule has 2 aromatic rings. The third-order valence-electron chi connectivity index (χ3n) is 3.03. The van der Waals surface area contributed by atoms with Crippen LogP contribution in [0.4, 0.5) is 4.79 Å². The summed E-state index contributed by atoms with van der Waals surface area (Å²) in [4.78, 5) is 36.0. The first kappa shape index (κ1) is 13.6. The molecule has 3 N–H and O–H groups in total. The third kappa shape index (κ3) is 1.99. The third-order valence-corrected chi connectivity index (χ3v) is 3.03. The average Bonchev–Trinajstić information content (AvgIpc) is 3.01. The normalized spacial score (nSPS) is 10.4. The number of carbonyl (C=O) groups excluding carboxylic acids is 1. The van der Waals surface area contributed by atoms with Gasteiger partial charge in [-0.05, 0) is 24.1 Å². The number of hydrogen-bond acceptors (Lipinski definition) is 3. The summed E-state index contributed by atoms with van der Waals surface area (Å²) in [5.41, 5.74) is 0.941. The molecule has 7 nitrogen and oxygen atoms in total. The van der Waals surface area contributed by atoms with Gasteiger partial charge in [0.2, 0.25) is 0 Å². The Morgan fingerprint density at radius 2 is 2.10 bits per heavy atom. The number of aldehydes is 1. The summed E-state index contributed by atoms with van der Waals surface area (Å²) in [6.07, 6.45) is 0.965. The zero-order chi connectivity index (χ0) is 14.9. The van der Waals surface area contributed by atoms with Crippen molar-refractivity contribution in [3.63, 3.8) is 0 Å². The maximum Gasteiger partial charge on any atom is 0.416 e. The van der Waals surface area contributed by atoms with Crippen LogP contribution in [0.25, 0.3) is 11.3 Å². The highest BCUT2D eigenvalue weighted by atomic mass is 16.4. The highest BCUT2D eigenvalue weighted by molar-refractivity contribution is 5.97. The lowest BCUT2D eigenvalue weighted by Gasteiger charge is -2.06. The van der Waals surface area contributed by atoms with Gasteiger partial charge in [-0.1, -0.05) is 6.92 Å². The van der Waals surface area contributed by atoms with Crippen LogP contribution in [0.1, 0.15) is 33.5 Å². The Bertz CT molecular complexity index is 696. The van der Waals surface area contributed by atoms with Gasteiger partial charge in [0.15, 0.2) is 6.29 Å². The Morgan fingerprint density at radius 3 is 2.60 bits per heavy atom. The molecule has 0 aromatic carbocycles. The van der Waals surface area contributed by atoms with Crippen LogP contribution in [0.2, 0.25) is 0 Å². The van der Waals surface area contributed by atoms with Crippen LogP contribution < -0.4 is 0 Å². The van der Waals surface area contributed by atoms with Crippen molar-refractivity contribution in [3.05, 3.63) is 35.3 Å². The fourth-order valence-corrected chi connectivity index (χ4v) is 2.23. The second kappa shape index (κ2) is 5.04. The average molecular weight is 276 g/mol. The SMILES string of the molecule is CCc1c(C(=O)O)[nH]c(C=O)c1-c1cccn1C(=O)O. The van der Waals surface area contributed by atoms with Crippen molar-refractivity contribution in [1.82, 2.24) is 9.55 Å². The number of H-pyrrole nitrogens is 1. The van der Waals surface area contributed by atoms with E-state index in [2.05, 4.69) is 4.98 Å². The lowest BCUT2D eigenvalue weighted by atomic mass is 10.0. The molecule has 0 saturated carbocycles. The lowest BCUT2D eigenvalue weighted by Crippen LogP contribution is -2.09. The summed E-state index contributed by atoms with van der Waals surface area (Å²) in [6, 6.07) is 3.04. The highest BCUT2D eigenvalue weighted by Gasteiger charge is 2.24. The molecular formula is C13H12N2O5. The Balaban J connectivity index is 2.78. The first-order valence-electron chi connectivity index (χ1n) is 5.85. The largest absolute Gasteiger partial charge is 0.477 e. The lowest BCUT2D eigenvalue weighted by molar-refractivity contribution is 0.0690. The topological polar surface area (TPSA) is 112 Å². The molecule has 0 amide bonds. The van der Waals surface area contributed by atoms with Gasteiger partial charge in [0.1, 0.15) is 5.69 Å². The van der Waals surface area contributed by atoms with Crippen LogP contribution in [-0.4, -0.2) is 38.1 Å². The number of rotatable bonds is 4. The molecule has 0 aliphatic rings. The van der Waals surface area contributed by atoms with Crippen LogP contribution in [0.5, 0.6) is 0 Å². The Morgan fingerprint density at radius 1 is 1.40 bits per heavy atom. The quantitative estimate of drug-likeness (QED) is 0.740. The predicted molar refractivity (Wildman–Crippen MR) is 69.4 cm³/mol. The molecule has 2 heterocycles. The highest BCUT2D eigenvalue weighted by Crippen LogP contribution is 2.30. The van der Waals surface area contributed by atoms with E-state index >= 15 is 0 Å². The first-order chi connectivity index (χ1) is 9.51. The maximum atomic E-state index is 11.2. The van der Waals surface area contributed by atoms with Gasteiger partial charge in [-0.2, -0.15) is 0 Å². The number of hydrogen-bond donors (Lipinski definition) is 3. The minimum Gasteiger partial charge on any atom is -0.477 e.